The van der Waals surface area contributed by atoms with Crippen molar-refractivity contribution < 1.29 is 14.8 Å². The maximum absolute atomic E-state index is 11.2. The van der Waals surface area contributed by atoms with E-state index < -0.39 is 11.2 Å². The second kappa shape index (κ2) is 4.72. The Hall–Kier alpha value is 0.425. The molecule has 0 aromatic rings. The Morgan fingerprint density at radius 2 is 1.89 bits per heavy atom. The molecule has 3 fully saturated rings. The summed E-state index contributed by atoms with van der Waals surface area (Å²) in [5.41, 5.74) is -1.63. The summed E-state index contributed by atoms with van der Waals surface area (Å²) >= 11 is 3.76. The summed E-state index contributed by atoms with van der Waals surface area (Å²) in [7, 11) is -0.326. The highest BCUT2D eigenvalue weighted by molar-refractivity contribution is 9.09. The van der Waals surface area contributed by atoms with Crippen LogP contribution in [0.1, 0.15) is 47.5 Å². The van der Waals surface area contributed by atoms with E-state index in [0.717, 1.165) is 12.8 Å². The van der Waals surface area contributed by atoms with Gasteiger partial charge in [-0.05, 0) is 37.0 Å². The molecule has 0 saturated heterocycles. The predicted octanol–water partition coefficient (Wildman–Crippen LogP) is 2.24. The van der Waals surface area contributed by atoms with Gasteiger partial charge in [-0.15, -0.1) is 0 Å². The van der Waals surface area contributed by atoms with Gasteiger partial charge < -0.3 is 14.8 Å². The van der Waals surface area contributed by atoms with Crippen LogP contribution in [0.3, 0.4) is 0 Å². The highest BCUT2D eigenvalue weighted by atomic mass is 79.9. The summed E-state index contributed by atoms with van der Waals surface area (Å²) in [5.74, 6) is 1.18. The van der Waals surface area contributed by atoms with Crippen LogP contribution in [0.25, 0.3) is 0 Å². The molecule has 0 radical (unpaired) electrons. The first-order valence-corrected chi connectivity index (χ1v) is 8.14. The molecule has 0 aromatic heterocycles. The largest absolute Gasteiger partial charge is 0.435 e. The average molecular weight is 333 g/mol. The summed E-state index contributed by atoms with van der Waals surface area (Å²) in [6, 6.07) is 0. The van der Waals surface area contributed by atoms with Gasteiger partial charge >= 0.3 is 7.69 Å². The van der Waals surface area contributed by atoms with Gasteiger partial charge in [-0.3, -0.25) is 0 Å². The van der Waals surface area contributed by atoms with Crippen molar-refractivity contribution in [2.45, 2.75) is 63.5 Å². The van der Waals surface area contributed by atoms with E-state index >= 15 is 0 Å². The quantitative estimate of drug-likeness (QED) is 0.613. The van der Waals surface area contributed by atoms with Crippen LogP contribution in [0.2, 0.25) is 0 Å². The van der Waals surface area contributed by atoms with E-state index in [9.17, 15) is 10.1 Å². The van der Waals surface area contributed by atoms with Crippen LogP contribution < -0.4 is 0 Å². The third-order valence-electron chi connectivity index (χ3n) is 6.01. The zero-order chi connectivity index (χ0) is 14.6. The maximum Gasteiger partial charge on any atom is 0.435 e. The minimum absolute atomic E-state index is 0.0839. The molecule has 0 heterocycles. The first-order valence-electron chi connectivity index (χ1n) is 7.23. The second-order valence-electron chi connectivity index (χ2n) is 7.40. The highest BCUT2D eigenvalue weighted by Gasteiger charge is 2.74. The molecule has 19 heavy (non-hydrogen) atoms. The van der Waals surface area contributed by atoms with Crippen molar-refractivity contribution in [2.24, 2.45) is 23.2 Å². The zero-order valence-electron chi connectivity index (χ0n) is 12.6. The Balaban J connectivity index is 2.36. The Labute approximate surface area is 125 Å². The van der Waals surface area contributed by atoms with Gasteiger partial charge in [-0.2, -0.15) is 0 Å². The van der Waals surface area contributed by atoms with Gasteiger partial charge in [0.2, 0.25) is 0 Å². The van der Waals surface area contributed by atoms with Crippen LogP contribution in [0.4, 0.5) is 0 Å². The lowest BCUT2D eigenvalue weighted by Crippen LogP contribution is -2.79. The Morgan fingerprint density at radius 3 is 2.32 bits per heavy atom. The minimum Gasteiger partial charge on any atom is -0.430 e. The SMILES string of the molecule is CC(C)C(Br)C1CC2CC(OBO)(C2(C)C)C1(C)O. The molecule has 0 amide bonds. The normalized spacial score (nSPS) is 45.7. The standard InChI is InChI=1S/C14H26BBrO3/c1-8(2)11(16)10-6-9-7-14(19-15-18,12(9,3)4)13(10,5)17/h8-11,15,17-18H,6-7H2,1-5H3. The molecule has 3 nitrogen and oxygen atoms in total. The number of hydrogen-bond donors (Lipinski definition) is 2. The molecule has 2 N–H and O–H groups in total. The number of alkyl halides is 1. The van der Waals surface area contributed by atoms with Gasteiger partial charge in [-0.1, -0.05) is 43.6 Å². The molecule has 5 atom stereocenters. The van der Waals surface area contributed by atoms with Crippen molar-refractivity contribution in [1.82, 2.24) is 0 Å². The molecule has 3 rings (SSSR count). The van der Waals surface area contributed by atoms with E-state index in [4.69, 9.17) is 4.65 Å². The van der Waals surface area contributed by atoms with Gasteiger partial charge in [0.15, 0.2) is 0 Å². The summed E-state index contributed by atoms with van der Waals surface area (Å²) < 4.78 is 5.71. The van der Waals surface area contributed by atoms with Gasteiger partial charge in [-0.25, -0.2) is 0 Å². The maximum atomic E-state index is 11.2. The second-order valence-corrected chi connectivity index (χ2v) is 8.46. The molecular formula is C14H26BBrO3. The van der Waals surface area contributed by atoms with E-state index in [1.165, 1.54) is 0 Å². The van der Waals surface area contributed by atoms with Crippen LogP contribution in [-0.2, 0) is 4.65 Å². The van der Waals surface area contributed by atoms with E-state index in [0.29, 0.717) is 11.8 Å². The molecule has 3 saturated carbocycles. The minimum atomic E-state index is -0.924. The average Bonchev–Trinajstić information content (AvgIpc) is 2.29. The molecular weight excluding hydrogens is 307 g/mol. The molecule has 0 spiro atoms. The first-order chi connectivity index (χ1) is 8.62. The lowest BCUT2D eigenvalue weighted by atomic mass is 9.38. The van der Waals surface area contributed by atoms with Crippen molar-refractivity contribution >= 4 is 23.6 Å². The number of aliphatic hydroxyl groups is 1. The molecule has 5 unspecified atom stereocenters. The Bertz CT molecular complexity index is 355. The van der Waals surface area contributed by atoms with Crippen LogP contribution in [0.5, 0.6) is 0 Å². The van der Waals surface area contributed by atoms with Crippen LogP contribution in [-0.4, -0.2) is 33.8 Å². The number of rotatable bonds is 4. The van der Waals surface area contributed by atoms with E-state index in [1.807, 2.05) is 6.92 Å². The smallest absolute Gasteiger partial charge is 0.430 e. The van der Waals surface area contributed by atoms with E-state index in [1.54, 1.807) is 0 Å². The van der Waals surface area contributed by atoms with Crippen molar-refractivity contribution in [1.29, 1.82) is 0 Å². The van der Waals surface area contributed by atoms with Crippen LogP contribution >= 0.6 is 15.9 Å². The molecule has 5 heteroatoms. The third kappa shape index (κ3) is 1.88. The number of hydrogen-bond acceptors (Lipinski definition) is 3. The van der Waals surface area contributed by atoms with Crippen molar-refractivity contribution in [2.75, 3.05) is 0 Å². The zero-order valence-corrected chi connectivity index (χ0v) is 14.2. The van der Waals surface area contributed by atoms with Gasteiger partial charge in [0, 0.05) is 10.7 Å². The molecule has 3 aliphatic rings. The van der Waals surface area contributed by atoms with Gasteiger partial charge in [0.05, 0.1) is 11.2 Å². The lowest BCUT2D eigenvalue weighted by Gasteiger charge is -2.73. The summed E-state index contributed by atoms with van der Waals surface area (Å²) in [6.07, 6.45) is 1.87. The molecule has 0 aromatic carbocycles. The van der Waals surface area contributed by atoms with Crippen molar-refractivity contribution in [3.8, 4) is 0 Å². The number of halogens is 1. The predicted molar refractivity (Wildman–Crippen MR) is 81.4 cm³/mol. The van der Waals surface area contributed by atoms with Crippen molar-refractivity contribution in [3.63, 3.8) is 0 Å². The molecule has 0 aliphatic heterocycles. The lowest BCUT2D eigenvalue weighted by molar-refractivity contribution is -0.323. The van der Waals surface area contributed by atoms with Crippen molar-refractivity contribution in [3.05, 3.63) is 0 Å². The summed E-state index contributed by atoms with van der Waals surface area (Å²) in [5, 5.41) is 20.5. The molecule has 2 bridgehead atoms. The van der Waals surface area contributed by atoms with Crippen LogP contribution in [0.15, 0.2) is 0 Å². The van der Waals surface area contributed by atoms with Crippen LogP contribution in [0, 0.1) is 23.2 Å². The fourth-order valence-electron chi connectivity index (χ4n) is 4.54. The summed E-state index contributed by atoms with van der Waals surface area (Å²) in [4.78, 5) is 0.267. The number of fused-ring (bicyclic) bond motifs is 2. The highest BCUT2D eigenvalue weighted by Crippen LogP contribution is 2.69. The van der Waals surface area contributed by atoms with E-state index in [-0.39, 0.29) is 23.8 Å². The molecule has 110 valence electrons. The fourth-order valence-corrected chi connectivity index (χ4v) is 5.27. The van der Waals surface area contributed by atoms with Gasteiger partial charge in [0.1, 0.15) is 0 Å². The third-order valence-corrected chi connectivity index (χ3v) is 7.70. The first kappa shape index (κ1) is 15.8. The monoisotopic (exact) mass is 332 g/mol. The topological polar surface area (TPSA) is 49.7 Å². The Kier molecular flexibility index (Phi) is 3.93. The summed E-state index contributed by atoms with van der Waals surface area (Å²) in [6.45, 7) is 10.5. The van der Waals surface area contributed by atoms with E-state index in [2.05, 4.69) is 43.6 Å². The fraction of sp³-hybridized carbons (Fsp3) is 1.00. The Morgan fingerprint density at radius 1 is 1.32 bits per heavy atom. The molecule has 3 aliphatic carbocycles. The van der Waals surface area contributed by atoms with Gasteiger partial charge in [0.25, 0.3) is 0 Å².